The molecule has 0 aromatic heterocycles. The van der Waals surface area contributed by atoms with E-state index in [0.29, 0.717) is 17.6 Å². The summed E-state index contributed by atoms with van der Waals surface area (Å²) in [5.41, 5.74) is 1.73. The van der Waals surface area contributed by atoms with Crippen LogP contribution in [0.15, 0.2) is 24.3 Å². The minimum absolute atomic E-state index is 0.0454. The van der Waals surface area contributed by atoms with E-state index in [1.54, 1.807) is 4.90 Å². The van der Waals surface area contributed by atoms with E-state index in [0.717, 1.165) is 12.1 Å². The van der Waals surface area contributed by atoms with Crippen LogP contribution in [0.3, 0.4) is 0 Å². The highest BCUT2D eigenvalue weighted by molar-refractivity contribution is 5.89. The Hall–Kier alpha value is -1.35. The van der Waals surface area contributed by atoms with Gasteiger partial charge in [-0.3, -0.25) is 0 Å². The Kier molecular flexibility index (Phi) is 5.40. The number of hydrogen-bond donors (Lipinski definition) is 1. The number of benzene rings is 1. The van der Waals surface area contributed by atoms with Crippen molar-refractivity contribution in [3.8, 4) is 0 Å². The molecule has 1 aliphatic heterocycles. The molecule has 1 aliphatic rings. The molecule has 0 aliphatic carbocycles. The second kappa shape index (κ2) is 7.08. The van der Waals surface area contributed by atoms with Gasteiger partial charge in [0.2, 0.25) is 0 Å². The predicted molar refractivity (Wildman–Crippen MR) is 84.7 cm³/mol. The van der Waals surface area contributed by atoms with Gasteiger partial charge >= 0.3 is 5.97 Å². The molecule has 0 bridgehead atoms. The number of esters is 1. The summed E-state index contributed by atoms with van der Waals surface area (Å²) in [7, 11) is 0. The van der Waals surface area contributed by atoms with E-state index in [2.05, 4.69) is 13.8 Å². The van der Waals surface area contributed by atoms with Crippen molar-refractivity contribution >= 4 is 5.97 Å². The molecule has 0 spiro atoms. The van der Waals surface area contributed by atoms with Crippen molar-refractivity contribution in [2.24, 2.45) is 0 Å². The van der Waals surface area contributed by atoms with Crippen LogP contribution in [-0.4, -0.2) is 30.7 Å². The second-order valence-corrected chi connectivity index (χ2v) is 6.60. The van der Waals surface area contributed by atoms with Gasteiger partial charge in [-0.2, -0.15) is 0 Å². The number of ether oxygens (including phenoxy) is 1. The third-order valence-electron chi connectivity index (χ3n) is 4.63. The van der Waals surface area contributed by atoms with Gasteiger partial charge in [0.15, 0.2) is 0 Å². The smallest absolute Gasteiger partial charge is 0.338 e. The molecule has 3 atom stereocenters. The highest BCUT2D eigenvalue weighted by Crippen LogP contribution is 2.09. The molecule has 0 amide bonds. The lowest BCUT2D eigenvalue weighted by Crippen LogP contribution is -3.20. The van der Waals surface area contributed by atoms with E-state index in [1.165, 1.54) is 19.3 Å². The van der Waals surface area contributed by atoms with Gasteiger partial charge in [-0.25, -0.2) is 4.79 Å². The Balaban J connectivity index is 1.92. The third-order valence-corrected chi connectivity index (χ3v) is 4.63. The molecular weight excluding hydrogens is 262 g/mol. The van der Waals surface area contributed by atoms with Gasteiger partial charge in [-0.05, 0) is 59.1 Å². The van der Waals surface area contributed by atoms with Gasteiger partial charge in [0, 0.05) is 0 Å². The average Bonchev–Trinajstić information content (AvgIpc) is 2.43. The molecule has 1 aromatic carbocycles. The number of hydrogen-bond acceptors (Lipinski definition) is 2. The maximum absolute atomic E-state index is 12.2. The number of quaternary nitrogens is 1. The van der Waals surface area contributed by atoms with Crippen LogP contribution < -0.4 is 4.90 Å². The monoisotopic (exact) mass is 290 g/mol. The number of rotatable bonds is 4. The standard InChI is InChI=1S/C18H27NO2/c1-13-7-5-10-17(11-13)18(20)21-16(4)12-19-14(2)8-6-9-15(19)3/h5,7,10-11,14-16H,6,8-9,12H2,1-4H3/p+1/t14-,15-,16+/m0/s1. The zero-order chi connectivity index (χ0) is 15.4. The second-order valence-electron chi connectivity index (χ2n) is 6.60. The summed E-state index contributed by atoms with van der Waals surface area (Å²) < 4.78 is 5.63. The summed E-state index contributed by atoms with van der Waals surface area (Å²) >= 11 is 0. The maximum Gasteiger partial charge on any atom is 0.338 e. The number of piperidine rings is 1. The van der Waals surface area contributed by atoms with E-state index in [9.17, 15) is 4.79 Å². The Morgan fingerprint density at radius 2 is 2.00 bits per heavy atom. The lowest BCUT2D eigenvalue weighted by molar-refractivity contribution is -0.953. The Morgan fingerprint density at radius 1 is 1.33 bits per heavy atom. The van der Waals surface area contributed by atoms with E-state index < -0.39 is 0 Å². The van der Waals surface area contributed by atoms with Crippen molar-refractivity contribution in [3.63, 3.8) is 0 Å². The van der Waals surface area contributed by atoms with E-state index in [1.807, 2.05) is 38.1 Å². The molecular formula is C18H28NO2+. The van der Waals surface area contributed by atoms with Crippen molar-refractivity contribution in [2.45, 2.75) is 65.1 Å². The van der Waals surface area contributed by atoms with Crippen molar-refractivity contribution in [1.82, 2.24) is 0 Å². The first-order chi connectivity index (χ1) is 9.97. The molecule has 0 radical (unpaired) electrons. The first-order valence-electron chi connectivity index (χ1n) is 8.10. The van der Waals surface area contributed by atoms with Gasteiger partial charge in [-0.15, -0.1) is 0 Å². The summed E-state index contributed by atoms with van der Waals surface area (Å²) in [4.78, 5) is 13.8. The Morgan fingerprint density at radius 3 is 2.62 bits per heavy atom. The Labute approximate surface area is 128 Å². The molecule has 1 aromatic rings. The lowest BCUT2D eigenvalue weighted by atomic mass is 9.97. The summed E-state index contributed by atoms with van der Waals surface area (Å²) in [6.45, 7) is 9.51. The van der Waals surface area contributed by atoms with Gasteiger partial charge in [0.05, 0.1) is 17.6 Å². The average molecular weight is 290 g/mol. The first-order valence-corrected chi connectivity index (χ1v) is 8.10. The molecule has 3 nitrogen and oxygen atoms in total. The molecule has 1 fully saturated rings. The summed E-state index contributed by atoms with van der Waals surface area (Å²) in [6.07, 6.45) is 3.83. The quantitative estimate of drug-likeness (QED) is 0.863. The minimum atomic E-state index is -0.206. The molecule has 21 heavy (non-hydrogen) atoms. The topological polar surface area (TPSA) is 30.7 Å². The summed E-state index contributed by atoms with van der Waals surface area (Å²) in [5.74, 6) is -0.206. The minimum Gasteiger partial charge on any atom is -0.453 e. The van der Waals surface area contributed by atoms with Crippen LogP contribution in [0.5, 0.6) is 0 Å². The zero-order valence-electron chi connectivity index (χ0n) is 13.7. The molecule has 1 saturated heterocycles. The number of carbonyl (C=O) groups is 1. The number of carbonyl (C=O) groups excluding carboxylic acids is 1. The van der Waals surface area contributed by atoms with Crippen molar-refractivity contribution in [2.75, 3.05) is 6.54 Å². The van der Waals surface area contributed by atoms with Gasteiger partial charge in [0.1, 0.15) is 12.6 Å². The summed E-state index contributed by atoms with van der Waals surface area (Å²) in [6, 6.07) is 8.91. The van der Waals surface area contributed by atoms with Crippen molar-refractivity contribution < 1.29 is 14.4 Å². The van der Waals surface area contributed by atoms with Gasteiger partial charge in [-0.1, -0.05) is 17.7 Å². The van der Waals surface area contributed by atoms with Crippen LogP contribution >= 0.6 is 0 Å². The van der Waals surface area contributed by atoms with E-state index in [-0.39, 0.29) is 12.1 Å². The highest BCUT2D eigenvalue weighted by atomic mass is 16.5. The van der Waals surface area contributed by atoms with Gasteiger partial charge < -0.3 is 9.64 Å². The fourth-order valence-corrected chi connectivity index (χ4v) is 3.39. The molecule has 1 N–H and O–H groups in total. The molecule has 3 heteroatoms. The fourth-order valence-electron chi connectivity index (χ4n) is 3.39. The lowest BCUT2D eigenvalue weighted by Gasteiger charge is -2.37. The van der Waals surface area contributed by atoms with Crippen LogP contribution in [0, 0.1) is 6.92 Å². The SMILES string of the molecule is Cc1cccc(C(=O)O[C@H](C)C[NH+]2[C@@H](C)CCC[C@@H]2C)c1. The van der Waals surface area contributed by atoms with Crippen LogP contribution in [-0.2, 0) is 4.74 Å². The first kappa shape index (κ1) is 16.0. The van der Waals surface area contributed by atoms with Crippen LogP contribution in [0.2, 0.25) is 0 Å². The van der Waals surface area contributed by atoms with E-state index >= 15 is 0 Å². The normalized spacial score (nSPS) is 24.6. The predicted octanol–water partition coefficient (Wildman–Crippen LogP) is 2.39. The molecule has 0 saturated carbocycles. The highest BCUT2D eigenvalue weighted by Gasteiger charge is 2.30. The molecule has 0 unspecified atom stereocenters. The number of aryl methyl sites for hydroxylation is 1. The Bertz CT molecular complexity index is 476. The van der Waals surface area contributed by atoms with Crippen LogP contribution in [0.25, 0.3) is 0 Å². The maximum atomic E-state index is 12.2. The molecule has 2 rings (SSSR count). The number of likely N-dealkylation sites (tertiary alicyclic amines) is 1. The zero-order valence-corrected chi connectivity index (χ0v) is 13.7. The largest absolute Gasteiger partial charge is 0.453 e. The fraction of sp³-hybridized carbons (Fsp3) is 0.611. The van der Waals surface area contributed by atoms with Crippen LogP contribution in [0.4, 0.5) is 0 Å². The van der Waals surface area contributed by atoms with Crippen molar-refractivity contribution in [1.29, 1.82) is 0 Å². The molecule has 1 heterocycles. The van der Waals surface area contributed by atoms with E-state index in [4.69, 9.17) is 4.74 Å². The third kappa shape index (κ3) is 4.31. The molecule has 116 valence electrons. The number of nitrogens with one attached hydrogen (secondary N) is 1. The summed E-state index contributed by atoms with van der Waals surface area (Å²) in [5, 5.41) is 0. The van der Waals surface area contributed by atoms with Gasteiger partial charge in [0.25, 0.3) is 0 Å². The van der Waals surface area contributed by atoms with Crippen molar-refractivity contribution in [3.05, 3.63) is 35.4 Å². The van der Waals surface area contributed by atoms with Crippen LogP contribution in [0.1, 0.15) is 56.0 Å².